The zero-order valence-corrected chi connectivity index (χ0v) is 8.14. The highest BCUT2D eigenvalue weighted by Gasteiger charge is 2.12. The average Bonchev–Trinajstić information content (AvgIpc) is 2.11. The molecule has 2 heterocycles. The van der Waals surface area contributed by atoms with Gasteiger partial charge in [-0.25, -0.2) is 9.97 Å². The van der Waals surface area contributed by atoms with Gasteiger partial charge in [0.25, 0.3) is 5.56 Å². The Bertz CT molecular complexity index is 518. The molecule has 0 unspecified atom stereocenters. The molecule has 0 aromatic carbocycles. The molecule has 0 aromatic heterocycles. The number of aromatic nitrogens is 5. The number of rotatable bonds is 0. The SMILES string of the molecule is Cc1nc2nn(C)c(C)nc-2nc1=O. The Morgan fingerprint density at radius 1 is 1.07 bits per heavy atom. The first-order valence-electron chi connectivity index (χ1n) is 4.14. The zero-order valence-electron chi connectivity index (χ0n) is 8.14. The Hall–Kier alpha value is -1.85. The first-order chi connectivity index (χ1) is 6.58. The van der Waals surface area contributed by atoms with E-state index in [0.717, 1.165) is 0 Å². The van der Waals surface area contributed by atoms with Gasteiger partial charge in [0.2, 0.25) is 11.6 Å². The third-order valence-corrected chi connectivity index (χ3v) is 1.97. The summed E-state index contributed by atoms with van der Waals surface area (Å²) in [6, 6.07) is 0. The lowest BCUT2D eigenvalue weighted by atomic mass is 10.4. The highest BCUT2D eigenvalue weighted by atomic mass is 16.1. The number of fused-ring (bicyclic) bond motifs is 1. The molecule has 14 heavy (non-hydrogen) atoms. The van der Waals surface area contributed by atoms with Crippen LogP contribution in [0.1, 0.15) is 11.5 Å². The topological polar surface area (TPSA) is 73.6 Å². The van der Waals surface area contributed by atoms with Gasteiger partial charge in [-0.1, -0.05) is 0 Å². The maximum Gasteiger partial charge on any atom is 0.293 e. The molecule has 0 amide bonds. The van der Waals surface area contributed by atoms with Gasteiger partial charge in [0, 0.05) is 7.05 Å². The number of nitrogens with zero attached hydrogens (tertiary/aromatic N) is 5. The lowest BCUT2D eigenvalue weighted by Gasteiger charge is -2.06. The van der Waals surface area contributed by atoms with Gasteiger partial charge in [0.1, 0.15) is 11.5 Å². The van der Waals surface area contributed by atoms with E-state index in [9.17, 15) is 4.79 Å². The van der Waals surface area contributed by atoms with Crippen LogP contribution in [-0.4, -0.2) is 24.7 Å². The minimum atomic E-state index is -0.347. The van der Waals surface area contributed by atoms with Gasteiger partial charge in [0.15, 0.2) is 0 Å². The van der Waals surface area contributed by atoms with Crippen molar-refractivity contribution >= 4 is 0 Å². The molecule has 0 radical (unpaired) electrons. The molecule has 72 valence electrons. The molecule has 6 heteroatoms. The summed E-state index contributed by atoms with van der Waals surface area (Å²) in [5.74, 6) is 1.39. The Balaban J connectivity index is 2.85. The van der Waals surface area contributed by atoms with Crippen LogP contribution in [0.25, 0.3) is 11.6 Å². The van der Waals surface area contributed by atoms with E-state index in [4.69, 9.17) is 0 Å². The predicted molar refractivity (Wildman–Crippen MR) is 49.0 cm³/mol. The number of hydrogen-bond acceptors (Lipinski definition) is 5. The van der Waals surface area contributed by atoms with Crippen LogP contribution < -0.4 is 5.56 Å². The molecule has 6 nitrogen and oxygen atoms in total. The quantitative estimate of drug-likeness (QED) is 0.571. The normalized spacial score (nSPS) is 10.8. The van der Waals surface area contributed by atoms with Gasteiger partial charge < -0.3 is 0 Å². The van der Waals surface area contributed by atoms with Crippen molar-refractivity contribution in [2.24, 2.45) is 7.05 Å². The largest absolute Gasteiger partial charge is 0.293 e. The van der Waals surface area contributed by atoms with Crippen molar-refractivity contribution in [1.29, 1.82) is 0 Å². The van der Waals surface area contributed by atoms with Crippen LogP contribution in [0.3, 0.4) is 0 Å². The van der Waals surface area contributed by atoms with Crippen molar-refractivity contribution in [3.8, 4) is 11.6 Å². The number of aryl methyl sites for hydroxylation is 3. The van der Waals surface area contributed by atoms with Gasteiger partial charge >= 0.3 is 0 Å². The molecule has 0 saturated carbocycles. The lowest BCUT2D eigenvalue weighted by molar-refractivity contribution is 0.663. The Morgan fingerprint density at radius 2 is 1.79 bits per heavy atom. The number of hydrogen-bond donors (Lipinski definition) is 0. The van der Waals surface area contributed by atoms with Crippen LogP contribution >= 0.6 is 0 Å². The van der Waals surface area contributed by atoms with E-state index in [2.05, 4.69) is 20.1 Å². The van der Waals surface area contributed by atoms with E-state index < -0.39 is 0 Å². The van der Waals surface area contributed by atoms with E-state index >= 15 is 0 Å². The molecule has 2 aliphatic rings. The van der Waals surface area contributed by atoms with Gasteiger partial charge in [0.05, 0.1) is 0 Å². The highest BCUT2D eigenvalue weighted by Crippen LogP contribution is 2.07. The fourth-order valence-corrected chi connectivity index (χ4v) is 1.07. The second-order valence-electron chi connectivity index (χ2n) is 3.04. The zero-order chi connectivity index (χ0) is 10.3. The molecule has 2 rings (SSSR count). The van der Waals surface area contributed by atoms with E-state index in [1.165, 1.54) is 0 Å². The first-order valence-corrected chi connectivity index (χ1v) is 4.14. The minimum absolute atomic E-state index is 0.302. The molecule has 0 fully saturated rings. The summed E-state index contributed by atoms with van der Waals surface area (Å²) >= 11 is 0. The minimum Gasteiger partial charge on any atom is -0.265 e. The highest BCUT2D eigenvalue weighted by molar-refractivity contribution is 5.42. The predicted octanol–water partition coefficient (Wildman–Crippen LogP) is -0.313. The standard InChI is InChI=1S/C8H9N5O/c1-4-8(14)11-6-7(9-4)12-13(3)5(2)10-6/h1-3H3. The van der Waals surface area contributed by atoms with Crippen molar-refractivity contribution in [2.45, 2.75) is 13.8 Å². The summed E-state index contributed by atoms with van der Waals surface area (Å²) in [7, 11) is 1.77. The van der Waals surface area contributed by atoms with Crippen molar-refractivity contribution in [2.75, 3.05) is 0 Å². The molecule has 2 aliphatic heterocycles. The molecule has 0 aromatic rings. The van der Waals surface area contributed by atoms with E-state index in [0.29, 0.717) is 23.2 Å². The fraction of sp³-hybridized carbons (Fsp3) is 0.375. The molecule has 0 atom stereocenters. The average molecular weight is 191 g/mol. The smallest absolute Gasteiger partial charge is 0.265 e. The third-order valence-electron chi connectivity index (χ3n) is 1.97. The van der Waals surface area contributed by atoms with Gasteiger partial charge in [-0.3, -0.25) is 9.48 Å². The monoisotopic (exact) mass is 191 g/mol. The molecular formula is C8H9N5O. The van der Waals surface area contributed by atoms with Gasteiger partial charge in [-0.2, -0.15) is 4.98 Å². The summed E-state index contributed by atoms with van der Waals surface area (Å²) in [6.45, 7) is 3.40. The van der Waals surface area contributed by atoms with E-state index in [-0.39, 0.29) is 5.56 Å². The second kappa shape index (κ2) is 2.83. The molecule has 0 aliphatic carbocycles. The summed E-state index contributed by atoms with van der Waals surface area (Å²) < 4.78 is 1.60. The molecule has 0 N–H and O–H groups in total. The van der Waals surface area contributed by atoms with Crippen LogP contribution in [0.2, 0.25) is 0 Å². The maximum atomic E-state index is 11.2. The van der Waals surface area contributed by atoms with Crippen molar-refractivity contribution in [1.82, 2.24) is 24.7 Å². The van der Waals surface area contributed by atoms with Crippen molar-refractivity contribution in [3.05, 3.63) is 21.9 Å². The van der Waals surface area contributed by atoms with Crippen molar-refractivity contribution < 1.29 is 0 Å². The summed E-state index contributed by atoms with van der Waals surface area (Å²) in [4.78, 5) is 23.1. The Labute approximate surface area is 80.0 Å². The molecule has 0 saturated heterocycles. The second-order valence-corrected chi connectivity index (χ2v) is 3.04. The molecule has 0 bridgehead atoms. The maximum absolute atomic E-state index is 11.2. The van der Waals surface area contributed by atoms with Crippen molar-refractivity contribution in [3.63, 3.8) is 0 Å². The van der Waals surface area contributed by atoms with Crippen LogP contribution in [0.5, 0.6) is 0 Å². The van der Waals surface area contributed by atoms with Gasteiger partial charge in [-0.15, -0.1) is 5.10 Å². The Morgan fingerprint density at radius 3 is 2.50 bits per heavy atom. The van der Waals surface area contributed by atoms with Crippen LogP contribution in [0.4, 0.5) is 0 Å². The van der Waals surface area contributed by atoms with E-state index in [1.54, 1.807) is 25.6 Å². The summed E-state index contributed by atoms with van der Waals surface area (Å²) in [5.41, 5.74) is -0.00398. The lowest BCUT2D eigenvalue weighted by Crippen LogP contribution is -2.19. The summed E-state index contributed by atoms with van der Waals surface area (Å²) in [5, 5.41) is 4.12. The van der Waals surface area contributed by atoms with Gasteiger partial charge in [-0.05, 0) is 13.8 Å². The third kappa shape index (κ3) is 1.24. The van der Waals surface area contributed by atoms with E-state index in [1.807, 2.05) is 0 Å². The summed E-state index contributed by atoms with van der Waals surface area (Å²) in [6.07, 6.45) is 0. The van der Waals surface area contributed by atoms with Crippen LogP contribution in [0, 0.1) is 13.8 Å². The first kappa shape index (κ1) is 8.74. The fourth-order valence-electron chi connectivity index (χ4n) is 1.07. The van der Waals surface area contributed by atoms with Crippen LogP contribution in [-0.2, 0) is 7.05 Å². The molecular weight excluding hydrogens is 182 g/mol. The Kier molecular flexibility index (Phi) is 1.77. The molecule has 0 spiro atoms. The van der Waals surface area contributed by atoms with Crippen LogP contribution in [0.15, 0.2) is 4.79 Å².